The molecule has 1 radical (unpaired) electrons. The molecule has 0 aromatic heterocycles. The molecule has 1 aromatic rings. The summed E-state index contributed by atoms with van der Waals surface area (Å²) in [5.41, 5.74) is 1.35. The van der Waals surface area contributed by atoms with E-state index in [1.54, 1.807) is 0 Å². The van der Waals surface area contributed by atoms with Crippen molar-refractivity contribution in [2.24, 2.45) is 0 Å². The second kappa shape index (κ2) is 6.71. The third kappa shape index (κ3) is 3.60. The molecule has 1 aromatic carbocycles. The zero-order valence-corrected chi connectivity index (χ0v) is 13.3. The predicted octanol–water partition coefficient (Wildman–Crippen LogP) is 3.62. The molecule has 2 unspecified atom stereocenters. The third-order valence-electron chi connectivity index (χ3n) is 3.68. The Labute approximate surface area is 124 Å². The SMILES string of the molecule is CCCC([As]C1CCc2cc(F)cc(F)c2C1)C(=O)O. The number of fused-ring (bicyclic) bond motifs is 1. The van der Waals surface area contributed by atoms with Gasteiger partial charge in [-0.3, -0.25) is 0 Å². The average Bonchev–Trinajstić information content (AvgIpc) is 2.38. The van der Waals surface area contributed by atoms with Crippen molar-refractivity contribution >= 4 is 21.7 Å². The van der Waals surface area contributed by atoms with Crippen LogP contribution in [0.15, 0.2) is 12.1 Å². The van der Waals surface area contributed by atoms with Gasteiger partial charge in [-0.1, -0.05) is 0 Å². The van der Waals surface area contributed by atoms with Crippen molar-refractivity contribution in [1.29, 1.82) is 0 Å². The molecule has 1 aliphatic carbocycles. The quantitative estimate of drug-likeness (QED) is 0.829. The van der Waals surface area contributed by atoms with Crippen molar-refractivity contribution in [3.8, 4) is 0 Å². The molecule has 2 rings (SSSR count). The van der Waals surface area contributed by atoms with E-state index in [0.29, 0.717) is 24.8 Å². The zero-order chi connectivity index (χ0) is 14.7. The van der Waals surface area contributed by atoms with Crippen LogP contribution in [0.2, 0.25) is 9.41 Å². The zero-order valence-electron chi connectivity index (χ0n) is 11.4. The molecule has 0 saturated carbocycles. The van der Waals surface area contributed by atoms with Gasteiger partial charge in [0.2, 0.25) is 0 Å². The van der Waals surface area contributed by atoms with Gasteiger partial charge in [-0.25, -0.2) is 0 Å². The number of carboxylic acids is 1. The monoisotopic (exact) mass is 343 g/mol. The Morgan fingerprint density at radius 3 is 2.90 bits per heavy atom. The Morgan fingerprint density at radius 1 is 1.50 bits per heavy atom. The van der Waals surface area contributed by atoms with Crippen LogP contribution in [0, 0.1) is 11.6 Å². The standard InChI is InChI=1S/C15H18AsF2O2/c1-2-3-13(15(19)20)16-10-5-4-9-6-11(17)8-14(18)12(9)7-10/h6,8,10,13H,2-5,7H2,1H3,(H,19,20). The fourth-order valence-corrected chi connectivity index (χ4v) is 6.06. The molecule has 20 heavy (non-hydrogen) atoms. The molecule has 0 amide bonds. The summed E-state index contributed by atoms with van der Waals surface area (Å²) >= 11 is -0.353. The summed E-state index contributed by atoms with van der Waals surface area (Å²) < 4.78 is 27.0. The van der Waals surface area contributed by atoms with Gasteiger partial charge in [0.1, 0.15) is 0 Å². The number of aliphatic carboxylic acids is 1. The molecule has 2 atom stereocenters. The number of rotatable bonds is 5. The van der Waals surface area contributed by atoms with Crippen LogP contribution in [0.5, 0.6) is 0 Å². The first-order chi connectivity index (χ1) is 9.51. The summed E-state index contributed by atoms with van der Waals surface area (Å²) in [5, 5.41) is 9.22. The second-order valence-electron chi connectivity index (χ2n) is 5.21. The van der Waals surface area contributed by atoms with Crippen LogP contribution < -0.4 is 0 Å². The van der Waals surface area contributed by atoms with E-state index in [1.807, 2.05) is 6.92 Å². The topological polar surface area (TPSA) is 37.3 Å². The molecule has 109 valence electrons. The van der Waals surface area contributed by atoms with Crippen molar-refractivity contribution in [3.63, 3.8) is 0 Å². The molecule has 0 aliphatic heterocycles. The van der Waals surface area contributed by atoms with E-state index in [9.17, 15) is 18.7 Å². The van der Waals surface area contributed by atoms with Gasteiger partial charge in [0.05, 0.1) is 0 Å². The van der Waals surface area contributed by atoms with E-state index in [0.717, 1.165) is 24.5 Å². The molecule has 0 spiro atoms. The average molecular weight is 343 g/mol. The third-order valence-corrected chi connectivity index (χ3v) is 7.25. The summed E-state index contributed by atoms with van der Waals surface area (Å²) in [6, 6.07) is 2.34. The van der Waals surface area contributed by atoms with E-state index >= 15 is 0 Å². The van der Waals surface area contributed by atoms with Crippen LogP contribution in [-0.4, -0.2) is 26.8 Å². The normalized spacial score (nSPS) is 20.1. The minimum atomic E-state index is -0.725. The number of benzene rings is 1. The van der Waals surface area contributed by atoms with Gasteiger partial charge >= 0.3 is 124 Å². The molecule has 5 heteroatoms. The Balaban J connectivity index is 2.09. The number of hydrogen-bond donors (Lipinski definition) is 1. The maximum atomic E-state index is 13.8. The van der Waals surface area contributed by atoms with E-state index in [2.05, 4.69) is 0 Å². The summed E-state index contributed by atoms with van der Waals surface area (Å²) in [5.74, 6) is -1.73. The number of carbonyl (C=O) groups is 1. The van der Waals surface area contributed by atoms with E-state index in [4.69, 9.17) is 0 Å². The molecule has 2 nitrogen and oxygen atoms in total. The van der Waals surface area contributed by atoms with Crippen LogP contribution in [-0.2, 0) is 17.6 Å². The van der Waals surface area contributed by atoms with Crippen molar-refractivity contribution < 1.29 is 18.7 Å². The number of carboxylic acid groups (broad SMARTS) is 1. The maximum absolute atomic E-state index is 13.8. The Kier molecular flexibility index (Phi) is 5.20. The van der Waals surface area contributed by atoms with Gasteiger partial charge in [-0.05, 0) is 0 Å². The second-order valence-corrected chi connectivity index (χ2v) is 8.68. The van der Waals surface area contributed by atoms with Crippen LogP contribution >= 0.6 is 0 Å². The molecular formula is C15H18AsF2O2. The Bertz CT molecular complexity index is 505. The molecule has 0 saturated heterocycles. The number of aryl methyl sites for hydroxylation is 1. The fraction of sp³-hybridized carbons (Fsp3) is 0.533. The van der Waals surface area contributed by atoms with Gasteiger partial charge < -0.3 is 0 Å². The van der Waals surface area contributed by atoms with Crippen molar-refractivity contribution in [2.75, 3.05) is 0 Å². The minimum absolute atomic E-state index is 0.258. The van der Waals surface area contributed by atoms with Crippen molar-refractivity contribution in [3.05, 3.63) is 34.9 Å². The molecule has 0 bridgehead atoms. The van der Waals surface area contributed by atoms with Crippen LogP contribution in [0.1, 0.15) is 37.3 Å². The molecule has 1 N–H and O–H groups in total. The molecule has 0 fully saturated rings. The number of halogens is 2. The summed E-state index contributed by atoms with van der Waals surface area (Å²) in [7, 11) is 0. The van der Waals surface area contributed by atoms with Crippen molar-refractivity contribution in [2.45, 2.75) is 48.4 Å². The molecular weight excluding hydrogens is 325 g/mol. The van der Waals surface area contributed by atoms with Crippen LogP contribution in [0.25, 0.3) is 0 Å². The summed E-state index contributed by atoms with van der Waals surface area (Å²) in [4.78, 5) is 11.2. The van der Waals surface area contributed by atoms with E-state index < -0.39 is 17.6 Å². The van der Waals surface area contributed by atoms with Gasteiger partial charge in [0.25, 0.3) is 0 Å². The summed E-state index contributed by atoms with van der Waals surface area (Å²) in [6.45, 7) is 1.98. The Morgan fingerprint density at radius 2 is 2.25 bits per heavy atom. The van der Waals surface area contributed by atoms with Crippen LogP contribution in [0.3, 0.4) is 0 Å². The van der Waals surface area contributed by atoms with Crippen LogP contribution in [0.4, 0.5) is 8.78 Å². The van der Waals surface area contributed by atoms with Gasteiger partial charge in [0.15, 0.2) is 0 Å². The van der Waals surface area contributed by atoms with Gasteiger partial charge in [-0.2, -0.15) is 0 Å². The summed E-state index contributed by atoms with van der Waals surface area (Å²) in [6.07, 6.45) is 3.63. The van der Waals surface area contributed by atoms with Gasteiger partial charge in [0, 0.05) is 0 Å². The Hall–Kier alpha value is -0.892. The molecule has 0 heterocycles. The van der Waals surface area contributed by atoms with E-state index in [1.165, 1.54) is 6.07 Å². The van der Waals surface area contributed by atoms with Crippen molar-refractivity contribution in [1.82, 2.24) is 0 Å². The first-order valence-electron chi connectivity index (χ1n) is 6.90. The number of hydrogen-bond acceptors (Lipinski definition) is 1. The van der Waals surface area contributed by atoms with E-state index in [-0.39, 0.29) is 25.2 Å². The van der Waals surface area contributed by atoms with Gasteiger partial charge in [-0.15, -0.1) is 0 Å². The predicted molar refractivity (Wildman–Crippen MR) is 74.2 cm³/mol. The fourth-order valence-electron chi connectivity index (χ4n) is 2.69. The first kappa shape index (κ1) is 15.5. The first-order valence-corrected chi connectivity index (χ1v) is 9.07. The molecule has 1 aliphatic rings.